The molecule has 1 unspecified atom stereocenters. The van der Waals surface area contributed by atoms with Crippen LogP contribution in [0.2, 0.25) is 0 Å². The largest absolute Gasteiger partial charge is 0.487 e. The molecule has 142 valence electrons. The van der Waals surface area contributed by atoms with Gasteiger partial charge in [0, 0.05) is 24.7 Å². The van der Waals surface area contributed by atoms with Gasteiger partial charge in [0.05, 0.1) is 5.69 Å². The van der Waals surface area contributed by atoms with Gasteiger partial charge in [0.1, 0.15) is 12.4 Å². The van der Waals surface area contributed by atoms with Crippen molar-refractivity contribution in [2.24, 2.45) is 0 Å². The van der Waals surface area contributed by atoms with E-state index in [1.54, 1.807) is 6.20 Å². The third kappa shape index (κ3) is 6.51. The van der Waals surface area contributed by atoms with Crippen LogP contribution in [0.3, 0.4) is 0 Å². The number of hydrogen-bond donors (Lipinski definition) is 1. The number of halogens is 1. The van der Waals surface area contributed by atoms with E-state index in [9.17, 15) is 0 Å². The maximum Gasteiger partial charge on any atom is 0.250 e. The van der Waals surface area contributed by atoms with E-state index in [-0.39, 0.29) is 12.4 Å². The van der Waals surface area contributed by atoms with Gasteiger partial charge >= 0.3 is 0 Å². The number of benzene rings is 1. The normalized spacial score (nSPS) is 11.9. The molecule has 0 aliphatic rings. The molecule has 0 amide bonds. The van der Waals surface area contributed by atoms with E-state index in [1.807, 2.05) is 61.7 Å². The van der Waals surface area contributed by atoms with Crippen molar-refractivity contribution in [1.29, 1.82) is 0 Å². The standard InChI is InChI=1S/C20H22N4O2.ClH/c1-15(21-2)13-19-23-20(26-24-19)11-8-16-6-9-18(10-7-16)25-14-17-5-3-4-12-22-17;/h3-12,15,21H,13-14H2,1-2H3;1H/b11-8+;. The summed E-state index contributed by atoms with van der Waals surface area (Å²) in [6.45, 7) is 2.52. The van der Waals surface area contributed by atoms with Crippen LogP contribution in [0.5, 0.6) is 5.75 Å². The molecule has 2 aromatic heterocycles. The predicted octanol–water partition coefficient (Wildman–Crippen LogP) is 3.79. The average molecular weight is 387 g/mol. The Morgan fingerprint density at radius 2 is 1.96 bits per heavy atom. The summed E-state index contributed by atoms with van der Waals surface area (Å²) in [7, 11) is 1.91. The summed E-state index contributed by atoms with van der Waals surface area (Å²) in [6, 6.07) is 13.9. The highest BCUT2D eigenvalue weighted by Gasteiger charge is 2.07. The molecule has 0 fully saturated rings. The third-order valence-corrected chi connectivity index (χ3v) is 3.88. The summed E-state index contributed by atoms with van der Waals surface area (Å²) in [5, 5.41) is 7.13. The summed E-state index contributed by atoms with van der Waals surface area (Å²) >= 11 is 0. The van der Waals surface area contributed by atoms with Crippen LogP contribution >= 0.6 is 12.4 Å². The molecule has 0 radical (unpaired) electrons. The zero-order valence-electron chi connectivity index (χ0n) is 15.3. The highest BCUT2D eigenvalue weighted by molar-refractivity contribution is 5.85. The minimum absolute atomic E-state index is 0. The van der Waals surface area contributed by atoms with Crippen LogP contribution in [0.15, 0.2) is 53.2 Å². The second-order valence-electron chi connectivity index (χ2n) is 5.95. The lowest BCUT2D eigenvalue weighted by molar-refractivity contribution is 0.301. The van der Waals surface area contributed by atoms with Crippen molar-refractivity contribution in [3.05, 3.63) is 71.6 Å². The van der Waals surface area contributed by atoms with Crippen molar-refractivity contribution < 1.29 is 9.26 Å². The number of rotatable bonds is 8. The Kier molecular flexibility index (Phi) is 7.98. The smallest absolute Gasteiger partial charge is 0.250 e. The Morgan fingerprint density at radius 3 is 2.67 bits per heavy atom. The van der Waals surface area contributed by atoms with E-state index < -0.39 is 0 Å². The van der Waals surface area contributed by atoms with Crippen LogP contribution in [-0.4, -0.2) is 28.2 Å². The molecule has 2 heterocycles. The van der Waals surface area contributed by atoms with E-state index in [2.05, 4.69) is 27.4 Å². The van der Waals surface area contributed by atoms with Crippen LogP contribution < -0.4 is 10.1 Å². The molecule has 27 heavy (non-hydrogen) atoms. The number of aromatic nitrogens is 3. The Labute approximate surface area is 165 Å². The Bertz CT molecular complexity index is 835. The maximum absolute atomic E-state index is 5.73. The maximum atomic E-state index is 5.73. The van der Waals surface area contributed by atoms with Crippen molar-refractivity contribution >= 4 is 24.6 Å². The number of pyridine rings is 1. The number of likely N-dealkylation sites (N-methyl/N-ethyl adjacent to an activating group) is 1. The van der Waals surface area contributed by atoms with E-state index in [0.29, 0.717) is 24.4 Å². The van der Waals surface area contributed by atoms with Gasteiger partial charge in [0.25, 0.3) is 5.89 Å². The second kappa shape index (κ2) is 10.4. The van der Waals surface area contributed by atoms with Crippen molar-refractivity contribution in [2.45, 2.75) is 26.0 Å². The van der Waals surface area contributed by atoms with E-state index in [1.165, 1.54) is 0 Å². The van der Waals surface area contributed by atoms with Gasteiger partial charge in [-0.05, 0) is 49.9 Å². The van der Waals surface area contributed by atoms with Crippen molar-refractivity contribution in [3.63, 3.8) is 0 Å². The SMILES string of the molecule is CNC(C)Cc1noc(/C=C/c2ccc(OCc3ccccn3)cc2)n1.Cl. The first-order valence-electron chi connectivity index (χ1n) is 8.53. The molecule has 1 atom stereocenters. The van der Waals surface area contributed by atoms with Crippen LogP contribution in [0, 0.1) is 0 Å². The zero-order chi connectivity index (χ0) is 18.2. The summed E-state index contributed by atoms with van der Waals surface area (Å²) in [6.07, 6.45) is 6.23. The molecule has 0 aliphatic heterocycles. The van der Waals surface area contributed by atoms with Crippen molar-refractivity contribution in [3.8, 4) is 5.75 Å². The monoisotopic (exact) mass is 386 g/mol. The van der Waals surface area contributed by atoms with Crippen LogP contribution in [-0.2, 0) is 13.0 Å². The number of ether oxygens (including phenoxy) is 1. The lowest BCUT2D eigenvalue weighted by Gasteiger charge is -2.05. The third-order valence-electron chi connectivity index (χ3n) is 3.88. The molecule has 3 rings (SSSR count). The Morgan fingerprint density at radius 1 is 1.15 bits per heavy atom. The number of hydrogen-bond acceptors (Lipinski definition) is 6. The molecule has 0 saturated heterocycles. The predicted molar refractivity (Wildman–Crippen MR) is 108 cm³/mol. The lowest BCUT2D eigenvalue weighted by Crippen LogP contribution is -2.24. The fourth-order valence-corrected chi connectivity index (χ4v) is 2.28. The first-order chi connectivity index (χ1) is 12.7. The Hall–Kier alpha value is -2.70. The van der Waals surface area contributed by atoms with Crippen molar-refractivity contribution in [1.82, 2.24) is 20.4 Å². The van der Waals surface area contributed by atoms with Gasteiger partial charge < -0.3 is 14.6 Å². The van der Waals surface area contributed by atoms with Crippen LogP contribution in [0.25, 0.3) is 12.2 Å². The fourth-order valence-electron chi connectivity index (χ4n) is 2.28. The quantitative estimate of drug-likeness (QED) is 0.635. The molecule has 1 aromatic carbocycles. The lowest BCUT2D eigenvalue weighted by atomic mass is 10.2. The Balaban J connectivity index is 0.00000261. The van der Waals surface area contributed by atoms with E-state index >= 15 is 0 Å². The molecule has 0 saturated carbocycles. The summed E-state index contributed by atoms with van der Waals surface area (Å²) in [5.41, 5.74) is 1.93. The molecular formula is C20H23ClN4O2. The van der Waals surface area contributed by atoms with Gasteiger partial charge in [0.2, 0.25) is 0 Å². The first kappa shape index (κ1) is 20.6. The molecule has 0 bridgehead atoms. The minimum atomic E-state index is 0. The minimum Gasteiger partial charge on any atom is -0.487 e. The van der Waals surface area contributed by atoms with Gasteiger partial charge in [-0.1, -0.05) is 23.4 Å². The van der Waals surface area contributed by atoms with Crippen LogP contribution in [0.1, 0.15) is 29.9 Å². The second-order valence-corrected chi connectivity index (χ2v) is 5.95. The highest BCUT2D eigenvalue weighted by Crippen LogP contribution is 2.15. The van der Waals surface area contributed by atoms with Gasteiger partial charge in [-0.25, -0.2) is 0 Å². The summed E-state index contributed by atoms with van der Waals surface area (Å²) < 4.78 is 11.0. The van der Waals surface area contributed by atoms with Gasteiger partial charge in [-0.2, -0.15) is 4.98 Å². The molecule has 1 N–H and O–H groups in total. The molecule has 7 heteroatoms. The van der Waals surface area contributed by atoms with Gasteiger partial charge in [-0.15, -0.1) is 12.4 Å². The topological polar surface area (TPSA) is 73.1 Å². The van der Waals surface area contributed by atoms with Gasteiger partial charge in [-0.3, -0.25) is 4.98 Å². The fraction of sp³-hybridized carbons (Fsp3) is 0.250. The number of nitrogens with one attached hydrogen (secondary N) is 1. The van der Waals surface area contributed by atoms with Gasteiger partial charge in [0.15, 0.2) is 5.82 Å². The van der Waals surface area contributed by atoms with E-state index in [0.717, 1.165) is 23.4 Å². The first-order valence-corrected chi connectivity index (χ1v) is 8.53. The van der Waals surface area contributed by atoms with Crippen molar-refractivity contribution in [2.75, 3.05) is 7.05 Å². The number of nitrogens with zero attached hydrogens (tertiary/aromatic N) is 3. The summed E-state index contributed by atoms with van der Waals surface area (Å²) in [4.78, 5) is 8.59. The molecule has 6 nitrogen and oxygen atoms in total. The molecule has 0 aliphatic carbocycles. The molecular weight excluding hydrogens is 364 g/mol. The molecule has 0 spiro atoms. The molecule has 3 aromatic rings. The zero-order valence-corrected chi connectivity index (χ0v) is 16.1. The highest BCUT2D eigenvalue weighted by atomic mass is 35.5. The average Bonchev–Trinajstić information content (AvgIpc) is 3.13. The van der Waals surface area contributed by atoms with E-state index in [4.69, 9.17) is 9.26 Å². The summed E-state index contributed by atoms with van der Waals surface area (Å²) in [5.74, 6) is 2.00. The van der Waals surface area contributed by atoms with Crippen LogP contribution in [0.4, 0.5) is 0 Å².